The fourth-order valence-electron chi connectivity index (χ4n) is 2.07. The molecule has 0 radical (unpaired) electrons. The Labute approximate surface area is 140 Å². The largest absolute Gasteiger partial charge is 0.352 e. The molecule has 0 aliphatic rings. The third-order valence-corrected chi connectivity index (χ3v) is 3.34. The third-order valence-electron chi connectivity index (χ3n) is 3.34. The van der Waals surface area contributed by atoms with Crippen LogP contribution in [-0.2, 0) is 6.54 Å². The monoisotopic (exact) mass is 329 g/mol. The molecule has 3 amide bonds. The molecule has 24 heavy (non-hydrogen) atoms. The van der Waals surface area contributed by atoms with Crippen molar-refractivity contribution in [1.29, 1.82) is 0 Å². The zero-order valence-corrected chi connectivity index (χ0v) is 13.2. The second kappa shape index (κ2) is 9.29. The van der Waals surface area contributed by atoms with E-state index in [0.29, 0.717) is 26.1 Å². The quantitative estimate of drug-likeness (QED) is 0.683. The molecule has 5 nitrogen and oxygen atoms in total. The van der Waals surface area contributed by atoms with Gasteiger partial charge in [-0.25, -0.2) is 9.18 Å². The van der Waals surface area contributed by atoms with Crippen LogP contribution in [0.2, 0.25) is 0 Å². The van der Waals surface area contributed by atoms with E-state index in [-0.39, 0.29) is 11.6 Å². The zero-order valence-electron chi connectivity index (χ0n) is 13.2. The van der Waals surface area contributed by atoms with Crippen molar-refractivity contribution in [2.45, 2.75) is 13.0 Å². The maximum absolute atomic E-state index is 13.4. The van der Waals surface area contributed by atoms with Crippen LogP contribution in [0, 0.1) is 5.82 Å². The Hall–Kier alpha value is -2.89. The molecular formula is C18H20FN3O2. The van der Waals surface area contributed by atoms with E-state index in [0.717, 1.165) is 5.56 Å². The van der Waals surface area contributed by atoms with E-state index in [1.807, 2.05) is 30.3 Å². The first-order chi connectivity index (χ1) is 11.7. The molecule has 0 bridgehead atoms. The van der Waals surface area contributed by atoms with Gasteiger partial charge in [0, 0.05) is 19.6 Å². The molecular weight excluding hydrogens is 309 g/mol. The fourth-order valence-corrected chi connectivity index (χ4v) is 2.07. The fraction of sp³-hybridized carbons (Fsp3) is 0.222. The second-order valence-electron chi connectivity index (χ2n) is 5.18. The SMILES string of the molecule is O=C(NCCCNC(=O)c1ccccc1F)NCc1ccccc1. The van der Waals surface area contributed by atoms with Gasteiger partial charge in [-0.15, -0.1) is 0 Å². The van der Waals surface area contributed by atoms with Gasteiger partial charge in [0.05, 0.1) is 5.56 Å². The lowest BCUT2D eigenvalue weighted by Crippen LogP contribution is -2.36. The Bertz CT molecular complexity index is 677. The summed E-state index contributed by atoms with van der Waals surface area (Å²) < 4.78 is 13.4. The molecule has 0 saturated heterocycles. The lowest BCUT2D eigenvalue weighted by Gasteiger charge is -2.09. The van der Waals surface area contributed by atoms with Gasteiger partial charge in [0.1, 0.15) is 5.82 Å². The van der Waals surface area contributed by atoms with Gasteiger partial charge in [0.15, 0.2) is 0 Å². The first kappa shape index (κ1) is 17.5. The van der Waals surface area contributed by atoms with Crippen molar-refractivity contribution in [3.63, 3.8) is 0 Å². The van der Waals surface area contributed by atoms with Gasteiger partial charge in [0.25, 0.3) is 5.91 Å². The standard InChI is InChI=1S/C18H20FN3O2/c19-16-10-5-4-9-15(16)17(23)20-11-6-12-21-18(24)22-13-14-7-2-1-3-8-14/h1-5,7-10H,6,11-13H2,(H,20,23)(H2,21,22,24). The van der Waals surface area contributed by atoms with Gasteiger partial charge < -0.3 is 16.0 Å². The highest BCUT2D eigenvalue weighted by Crippen LogP contribution is 2.05. The van der Waals surface area contributed by atoms with Gasteiger partial charge >= 0.3 is 6.03 Å². The minimum atomic E-state index is -0.548. The Morgan fingerprint density at radius 2 is 1.50 bits per heavy atom. The molecule has 0 saturated carbocycles. The van der Waals surface area contributed by atoms with Crippen molar-refractivity contribution in [1.82, 2.24) is 16.0 Å². The first-order valence-electron chi connectivity index (χ1n) is 7.75. The van der Waals surface area contributed by atoms with Crippen molar-refractivity contribution < 1.29 is 14.0 Å². The zero-order chi connectivity index (χ0) is 17.2. The number of urea groups is 1. The number of benzene rings is 2. The van der Waals surface area contributed by atoms with Crippen molar-refractivity contribution >= 4 is 11.9 Å². The summed E-state index contributed by atoms with van der Waals surface area (Å²) in [5, 5.41) is 8.07. The highest BCUT2D eigenvalue weighted by Gasteiger charge is 2.09. The highest BCUT2D eigenvalue weighted by molar-refractivity contribution is 5.94. The van der Waals surface area contributed by atoms with E-state index >= 15 is 0 Å². The van der Waals surface area contributed by atoms with Crippen LogP contribution in [0.3, 0.4) is 0 Å². The molecule has 0 unspecified atom stereocenters. The molecule has 0 aliphatic heterocycles. The molecule has 2 aromatic rings. The van der Waals surface area contributed by atoms with Crippen LogP contribution in [0.25, 0.3) is 0 Å². The Balaban J connectivity index is 1.58. The number of hydrogen-bond donors (Lipinski definition) is 3. The Morgan fingerprint density at radius 1 is 0.833 bits per heavy atom. The van der Waals surface area contributed by atoms with Gasteiger partial charge in [0.2, 0.25) is 0 Å². The van der Waals surface area contributed by atoms with E-state index in [1.54, 1.807) is 6.07 Å². The number of nitrogens with one attached hydrogen (secondary N) is 3. The molecule has 0 aliphatic carbocycles. The summed E-state index contributed by atoms with van der Waals surface area (Å²) in [5.41, 5.74) is 1.04. The number of amides is 3. The summed E-state index contributed by atoms with van der Waals surface area (Å²) in [7, 11) is 0. The van der Waals surface area contributed by atoms with Crippen molar-refractivity contribution in [2.24, 2.45) is 0 Å². The van der Waals surface area contributed by atoms with Crippen molar-refractivity contribution in [2.75, 3.05) is 13.1 Å². The maximum Gasteiger partial charge on any atom is 0.315 e. The average molecular weight is 329 g/mol. The van der Waals surface area contributed by atoms with Crippen LogP contribution in [0.5, 0.6) is 0 Å². The maximum atomic E-state index is 13.4. The molecule has 0 spiro atoms. The van der Waals surface area contributed by atoms with Crippen LogP contribution in [0.4, 0.5) is 9.18 Å². The van der Waals surface area contributed by atoms with Gasteiger partial charge in [-0.2, -0.15) is 0 Å². The van der Waals surface area contributed by atoms with Gasteiger partial charge in [-0.05, 0) is 24.1 Å². The van der Waals surface area contributed by atoms with Crippen LogP contribution in [-0.4, -0.2) is 25.0 Å². The molecule has 3 N–H and O–H groups in total. The van der Waals surface area contributed by atoms with Crippen LogP contribution >= 0.6 is 0 Å². The van der Waals surface area contributed by atoms with Gasteiger partial charge in [-0.1, -0.05) is 42.5 Å². The molecule has 0 aromatic heterocycles. The average Bonchev–Trinajstić information content (AvgIpc) is 2.61. The number of halogens is 1. The lowest BCUT2D eigenvalue weighted by molar-refractivity contribution is 0.0949. The molecule has 2 rings (SSSR count). The third kappa shape index (κ3) is 5.72. The summed E-state index contributed by atoms with van der Waals surface area (Å²) in [6, 6.07) is 15.1. The van der Waals surface area contributed by atoms with Crippen LogP contribution < -0.4 is 16.0 Å². The van der Waals surface area contributed by atoms with E-state index in [2.05, 4.69) is 16.0 Å². The normalized spacial score (nSPS) is 10.0. The number of carbonyl (C=O) groups excluding carboxylic acids is 2. The molecule has 6 heteroatoms. The van der Waals surface area contributed by atoms with Crippen LogP contribution in [0.1, 0.15) is 22.3 Å². The number of hydrogen-bond acceptors (Lipinski definition) is 2. The van der Waals surface area contributed by atoms with Crippen LogP contribution in [0.15, 0.2) is 54.6 Å². The smallest absolute Gasteiger partial charge is 0.315 e. The molecule has 2 aromatic carbocycles. The summed E-state index contributed by atoms with van der Waals surface area (Å²) in [6.45, 7) is 1.22. The Kier molecular flexibility index (Phi) is 6.76. The predicted molar refractivity (Wildman–Crippen MR) is 90.0 cm³/mol. The lowest BCUT2D eigenvalue weighted by atomic mass is 10.2. The molecule has 0 heterocycles. The summed E-state index contributed by atoms with van der Waals surface area (Å²) in [4.78, 5) is 23.4. The number of carbonyl (C=O) groups is 2. The van der Waals surface area contributed by atoms with E-state index < -0.39 is 11.7 Å². The Morgan fingerprint density at radius 3 is 2.25 bits per heavy atom. The molecule has 0 atom stereocenters. The van der Waals surface area contributed by atoms with E-state index in [4.69, 9.17) is 0 Å². The topological polar surface area (TPSA) is 70.2 Å². The highest BCUT2D eigenvalue weighted by atomic mass is 19.1. The number of rotatable bonds is 7. The molecule has 0 fully saturated rings. The summed E-state index contributed by atoms with van der Waals surface area (Å²) in [6.07, 6.45) is 0.555. The minimum Gasteiger partial charge on any atom is -0.352 e. The first-order valence-corrected chi connectivity index (χ1v) is 7.75. The van der Waals surface area contributed by atoms with Crippen molar-refractivity contribution in [3.8, 4) is 0 Å². The summed E-state index contributed by atoms with van der Waals surface area (Å²) >= 11 is 0. The van der Waals surface area contributed by atoms with Gasteiger partial charge in [-0.3, -0.25) is 4.79 Å². The molecule has 126 valence electrons. The van der Waals surface area contributed by atoms with E-state index in [1.165, 1.54) is 18.2 Å². The van der Waals surface area contributed by atoms with Crippen molar-refractivity contribution in [3.05, 3.63) is 71.5 Å². The minimum absolute atomic E-state index is 0.0195. The summed E-state index contributed by atoms with van der Waals surface area (Å²) in [5.74, 6) is -1.00. The second-order valence-corrected chi connectivity index (χ2v) is 5.18. The predicted octanol–water partition coefficient (Wildman–Crippen LogP) is 2.45. The van der Waals surface area contributed by atoms with E-state index in [9.17, 15) is 14.0 Å².